The van der Waals surface area contributed by atoms with E-state index in [4.69, 9.17) is 9.84 Å². The van der Waals surface area contributed by atoms with E-state index in [2.05, 4.69) is 0 Å². The van der Waals surface area contributed by atoms with E-state index in [1.54, 1.807) is 12.1 Å². The quantitative estimate of drug-likeness (QED) is 0.858. The van der Waals surface area contributed by atoms with Gasteiger partial charge in [-0.1, -0.05) is 12.1 Å². The number of methoxy groups -OCH3 is 1. The fourth-order valence-electron chi connectivity index (χ4n) is 1.40. The number of carboxylic acid groups (broad SMARTS) is 1. The molecule has 1 rings (SSSR count). The summed E-state index contributed by atoms with van der Waals surface area (Å²) in [5.41, 5.74) is -1.55. The van der Waals surface area contributed by atoms with Gasteiger partial charge in [0.2, 0.25) is 0 Å². The maximum Gasteiger partial charge on any atom is 0.309 e. The molecular formula is C12H15FO3. The monoisotopic (exact) mass is 226 g/mol. The van der Waals surface area contributed by atoms with Gasteiger partial charge < -0.3 is 9.84 Å². The van der Waals surface area contributed by atoms with Gasteiger partial charge in [-0.05, 0) is 31.5 Å². The van der Waals surface area contributed by atoms with Gasteiger partial charge in [-0.25, -0.2) is 4.39 Å². The molecule has 0 aliphatic carbocycles. The number of halogens is 1. The Morgan fingerprint density at radius 2 is 1.94 bits per heavy atom. The lowest BCUT2D eigenvalue weighted by atomic mass is 9.86. The molecule has 0 aromatic heterocycles. The van der Waals surface area contributed by atoms with Crippen LogP contribution in [0, 0.1) is 5.92 Å². The smallest absolute Gasteiger partial charge is 0.309 e. The van der Waals surface area contributed by atoms with Crippen molar-refractivity contribution >= 4 is 5.97 Å². The number of hydrogen-bond donors (Lipinski definition) is 1. The summed E-state index contributed by atoms with van der Waals surface area (Å²) in [7, 11) is 1.52. The van der Waals surface area contributed by atoms with Crippen LogP contribution >= 0.6 is 0 Å². The van der Waals surface area contributed by atoms with Crippen molar-refractivity contribution in [3.8, 4) is 5.75 Å². The lowest BCUT2D eigenvalue weighted by Crippen LogP contribution is -2.31. The molecule has 0 saturated heterocycles. The molecule has 3 nitrogen and oxygen atoms in total. The molecule has 0 radical (unpaired) electrons. The maximum atomic E-state index is 14.3. The van der Waals surface area contributed by atoms with Gasteiger partial charge in [0.05, 0.1) is 13.0 Å². The van der Waals surface area contributed by atoms with E-state index in [0.29, 0.717) is 11.3 Å². The van der Waals surface area contributed by atoms with Crippen LogP contribution in [0.4, 0.5) is 4.39 Å². The molecule has 2 unspecified atom stereocenters. The highest BCUT2D eigenvalue weighted by molar-refractivity contribution is 5.71. The predicted octanol–water partition coefficient (Wildman–Crippen LogP) is 2.60. The van der Waals surface area contributed by atoms with Crippen LogP contribution in [0.5, 0.6) is 5.75 Å². The van der Waals surface area contributed by atoms with Crippen LogP contribution in [0.2, 0.25) is 0 Å². The minimum absolute atomic E-state index is 0.336. The van der Waals surface area contributed by atoms with Gasteiger partial charge >= 0.3 is 5.97 Å². The zero-order chi connectivity index (χ0) is 12.3. The third kappa shape index (κ3) is 2.32. The third-order valence-electron chi connectivity index (χ3n) is 2.84. The van der Waals surface area contributed by atoms with Gasteiger partial charge in [-0.15, -0.1) is 0 Å². The first-order chi connectivity index (χ1) is 7.39. The fourth-order valence-corrected chi connectivity index (χ4v) is 1.40. The van der Waals surface area contributed by atoms with Crippen molar-refractivity contribution in [1.29, 1.82) is 0 Å². The normalized spacial score (nSPS) is 16.2. The minimum Gasteiger partial charge on any atom is -0.497 e. The third-order valence-corrected chi connectivity index (χ3v) is 2.84. The zero-order valence-electron chi connectivity index (χ0n) is 9.53. The van der Waals surface area contributed by atoms with Gasteiger partial charge in [-0.3, -0.25) is 4.79 Å². The molecule has 0 aliphatic rings. The van der Waals surface area contributed by atoms with Gasteiger partial charge in [0.25, 0.3) is 0 Å². The summed E-state index contributed by atoms with van der Waals surface area (Å²) in [5.74, 6) is -1.63. The van der Waals surface area contributed by atoms with Crippen LogP contribution in [0.15, 0.2) is 24.3 Å². The van der Waals surface area contributed by atoms with Crippen molar-refractivity contribution in [2.45, 2.75) is 19.5 Å². The van der Waals surface area contributed by atoms with Crippen LogP contribution in [-0.2, 0) is 10.5 Å². The Kier molecular flexibility index (Phi) is 3.52. The van der Waals surface area contributed by atoms with E-state index in [-0.39, 0.29) is 0 Å². The average Bonchev–Trinajstić information content (AvgIpc) is 2.28. The molecule has 1 aromatic rings. The zero-order valence-corrected chi connectivity index (χ0v) is 9.53. The molecule has 2 atom stereocenters. The lowest BCUT2D eigenvalue weighted by Gasteiger charge is -2.25. The highest BCUT2D eigenvalue weighted by atomic mass is 19.1. The van der Waals surface area contributed by atoms with E-state index < -0.39 is 17.6 Å². The Morgan fingerprint density at radius 1 is 1.44 bits per heavy atom. The first-order valence-corrected chi connectivity index (χ1v) is 4.96. The molecular weight excluding hydrogens is 211 g/mol. The van der Waals surface area contributed by atoms with Crippen molar-refractivity contribution < 1.29 is 19.0 Å². The van der Waals surface area contributed by atoms with Crippen molar-refractivity contribution in [2.24, 2.45) is 5.92 Å². The molecule has 0 spiro atoms. The number of carbonyl (C=O) groups is 1. The summed E-state index contributed by atoms with van der Waals surface area (Å²) < 4.78 is 19.2. The Hall–Kier alpha value is -1.58. The van der Waals surface area contributed by atoms with Gasteiger partial charge in [0.1, 0.15) is 11.4 Å². The Bertz CT molecular complexity index is 370. The van der Waals surface area contributed by atoms with Crippen LogP contribution in [-0.4, -0.2) is 18.2 Å². The molecule has 16 heavy (non-hydrogen) atoms. The number of alkyl halides is 1. The largest absolute Gasteiger partial charge is 0.497 e. The maximum absolute atomic E-state index is 14.3. The van der Waals surface area contributed by atoms with Crippen molar-refractivity contribution in [3.63, 3.8) is 0 Å². The number of hydrogen-bond acceptors (Lipinski definition) is 2. The molecule has 0 saturated carbocycles. The summed E-state index contributed by atoms with van der Waals surface area (Å²) in [4.78, 5) is 10.8. The van der Waals surface area contributed by atoms with E-state index >= 15 is 0 Å². The predicted molar refractivity (Wildman–Crippen MR) is 58.3 cm³/mol. The number of ether oxygens (including phenoxy) is 1. The molecule has 0 heterocycles. The summed E-state index contributed by atoms with van der Waals surface area (Å²) in [6, 6.07) is 6.31. The van der Waals surface area contributed by atoms with Crippen LogP contribution in [0.3, 0.4) is 0 Å². The molecule has 0 aliphatic heterocycles. The number of aliphatic carboxylic acids is 1. The highest BCUT2D eigenvalue weighted by Gasteiger charge is 2.37. The first kappa shape index (κ1) is 12.5. The standard InChI is InChI=1S/C12H15FO3/c1-8(11(14)15)12(2,13)9-4-6-10(16-3)7-5-9/h4-8H,1-3H3,(H,14,15). The molecule has 1 N–H and O–H groups in total. The van der Waals surface area contributed by atoms with Crippen LogP contribution in [0.1, 0.15) is 19.4 Å². The highest BCUT2D eigenvalue weighted by Crippen LogP contribution is 2.34. The lowest BCUT2D eigenvalue weighted by molar-refractivity contribution is -0.146. The van der Waals surface area contributed by atoms with E-state index in [1.807, 2.05) is 0 Å². The summed E-state index contributed by atoms with van der Waals surface area (Å²) in [5, 5.41) is 8.82. The fraction of sp³-hybridized carbons (Fsp3) is 0.417. The molecule has 0 amide bonds. The van der Waals surface area contributed by atoms with Crippen molar-refractivity contribution in [2.75, 3.05) is 7.11 Å². The summed E-state index contributed by atoms with van der Waals surface area (Å²) >= 11 is 0. The second kappa shape index (κ2) is 4.51. The van der Waals surface area contributed by atoms with Crippen LogP contribution in [0.25, 0.3) is 0 Å². The van der Waals surface area contributed by atoms with Crippen LogP contribution < -0.4 is 4.74 Å². The molecule has 1 aromatic carbocycles. The Balaban J connectivity index is 3.02. The summed E-state index contributed by atoms with van der Waals surface area (Å²) in [6.45, 7) is 2.63. The second-order valence-corrected chi connectivity index (χ2v) is 3.86. The summed E-state index contributed by atoms with van der Waals surface area (Å²) in [6.07, 6.45) is 0. The van der Waals surface area contributed by atoms with Crippen molar-refractivity contribution in [3.05, 3.63) is 29.8 Å². The number of rotatable bonds is 4. The molecule has 88 valence electrons. The topological polar surface area (TPSA) is 46.5 Å². The van der Waals surface area contributed by atoms with E-state index in [1.165, 1.54) is 33.1 Å². The minimum atomic E-state index is -1.89. The molecule has 0 bridgehead atoms. The SMILES string of the molecule is COc1ccc(C(C)(F)C(C)C(=O)O)cc1. The van der Waals surface area contributed by atoms with Gasteiger partial charge in [-0.2, -0.15) is 0 Å². The van der Waals surface area contributed by atoms with E-state index in [9.17, 15) is 9.18 Å². The van der Waals surface area contributed by atoms with Gasteiger partial charge in [0, 0.05) is 0 Å². The molecule has 4 heteroatoms. The Morgan fingerprint density at radius 3 is 2.31 bits per heavy atom. The van der Waals surface area contributed by atoms with Gasteiger partial charge in [0.15, 0.2) is 0 Å². The number of benzene rings is 1. The average molecular weight is 226 g/mol. The first-order valence-electron chi connectivity index (χ1n) is 4.96. The molecule has 0 fully saturated rings. The Labute approximate surface area is 93.9 Å². The van der Waals surface area contributed by atoms with E-state index in [0.717, 1.165) is 0 Å². The van der Waals surface area contributed by atoms with Crippen molar-refractivity contribution in [1.82, 2.24) is 0 Å². The second-order valence-electron chi connectivity index (χ2n) is 3.86. The number of carboxylic acids is 1.